The lowest BCUT2D eigenvalue weighted by molar-refractivity contribution is 0.101. The van der Waals surface area contributed by atoms with Crippen LogP contribution in [0.25, 0.3) is 28.0 Å². The van der Waals surface area contributed by atoms with Gasteiger partial charge in [0.15, 0.2) is 5.65 Å². The van der Waals surface area contributed by atoms with Gasteiger partial charge in [0.05, 0.1) is 11.4 Å². The summed E-state index contributed by atoms with van der Waals surface area (Å²) in [5, 5.41) is 2.86. The number of imidazole rings is 1. The predicted octanol–water partition coefficient (Wildman–Crippen LogP) is 4.71. The van der Waals surface area contributed by atoms with Crippen LogP contribution in [0.15, 0.2) is 97.6 Å². The Kier molecular flexibility index (Phi) is 4.50. The number of fused-ring (bicyclic) bond motifs is 1. The lowest BCUT2D eigenvalue weighted by Crippen LogP contribution is -2.15. The number of carbonyl (C=O) groups is 1. The van der Waals surface area contributed by atoms with E-state index < -0.39 is 0 Å². The summed E-state index contributed by atoms with van der Waals surface area (Å²) >= 11 is 0. The molecule has 0 aliphatic heterocycles. The van der Waals surface area contributed by atoms with Crippen LogP contribution in [-0.2, 0) is 0 Å². The first-order valence-corrected chi connectivity index (χ1v) is 9.50. The molecule has 0 spiro atoms. The van der Waals surface area contributed by atoms with E-state index in [0.29, 0.717) is 11.3 Å². The predicted molar refractivity (Wildman–Crippen MR) is 116 cm³/mol. The maximum Gasteiger partial charge on any atom is 0.293 e. The van der Waals surface area contributed by atoms with Crippen LogP contribution in [0, 0.1) is 0 Å². The highest BCUT2D eigenvalue weighted by Crippen LogP contribution is 2.27. The number of rotatable bonds is 4. The summed E-state index contributed by atoms with van der Waals surface area (Å²) in [7, 11) is 0. The monoisotopic (exact) mass is 391 g/mol. The number of amides is 1. The fraction of sp³-hybridized carbons (Fsp3) is 0. The normalized spacial score (nSPS) is 10.8. The van der Waals surface area contributed by atoms with Crippen molar-refractivity contribution in [3.05, 3.63) is 103 Å². The van der Waals surface area contributed by atoms with E-state index in [4.69, 9.17) is 4.98 Å². The molecule has 0 aliphatic rings. The van der Waals surface area contributed by atoms with Gasteiger partial charge in [-0.2, -0.15) is 0 Å². The topological polar surface area (TPSA) is 72.2 Å². The third kappa shape index (κ3) is 3.42. The van der Waals surface area contributed by atoms with E-state index in [1.54, 1.807) is 6.07 Å². The third-order valence-corrected chi connectivity index (χ3v) is 4.77. The van der Waals surface area contributed by atoms with Crippen molar-refractivity contribution in [3.63, 3.8) is 0 Å². The molecule has 0 saturated carbocycles. The van der Waals surface area contributed by atoms with Crippen LogP contribution in [0.2, 0.25) is 0 Å². The van der Waals surface area contributed by atoms with E-state index in [-0.39, 0.29) is 11.7 Å². The van der Waals surface area contributed by atoms with Gasteiger partial charge in [-0.25, -0.2) is 15.0 Å². The van der Waals surface area contributed by atoms with Crippen LogP contribution in [0.1, 0.15) is 10.6 Å². The lowest BCUT2D eigenvalue weighted by atomic mass is 10.0. The number of pyridine rings is 1. The largest absolute Gasteiger partial charge is 0.316 e. The first kappa shape index (κ1) is 17.8. The molecule has 5 aromatic rings. The minimum absolute atomic E-state index is 0.113. The Hall–Kier alpha value is -4.32. The zero-order valence-electron chi connectivity index (χ0n) is 15.9. The number of hydrogen-bond donors (Lipinski definition) is 1. The molecule has 0 atom stereocenters. The van der Waals surface area contributed by atoms with Crippen molar-refractivity contribution in [3.8, 4) is 22.4 Å². The first-order valence-electron chi connectivity index (χ1n) is 9.50. The number of hydrogen-bond acceptors (Lipinski definition) is 4. The number of benzene rings is 2. The molecule has 3 heterocycles. The molecule has 0 bridgehead atoms. The van der Waals surface area contributed by atoms with Gasteiger partial charge in [0.2, 0.25) is 5.82 Å². The van der Waals surface area contributed by atoms with Gasteiger partial charge in [0, 0.05) is 30.4 Å². The Morgan fingerprint density at radius 2 is 1.57 bits per heavy atom. The number of nitrogens with one attached hydrogen (secondary N) is 1. The van der Waals surface area contributed by atoms with E-state index in [2.05, 4.69) is 39.6 Å². The van der Waals surface area contributed by atoms with E-state index in [9.17, 15) is 4.79 Å². The summed E-state index contributed by atoms with van der Waals surface area (Å²) in [6.45, 7) is 0. The van der Waals surface area contributed by atoms with Crippen LogP contribution < -0.4 is 5.32 Å². The lowest BCUT2D eigenvalue weighted by Gasteiger charge is -2.05. The molecule has 30 heavy (non-hydrogen) atoms. The average Bonchev–Trinajstić information content (AvgIpc) is 3.26. The van der Waals surface area contributed by atoms with Gasteiger partial charge in [0.1, 0.15) is 0 Å². The first-order chi connectivity index (χ1) is 14.8. The van der Waals surface area contributed by atoms with Crippen molar-refractivity contribution in [2.75, 3.05) is 5.32 Å². The summed E-state index contributed by atoms with van der Waals surface area (Å²) in [4.78, 5) is 25.2. The number of aromatic nitrogens is 4. The second kappa shape index (κ2) is 7.60. The van der Waals surface area contributed by atoms with E-state index >= 15 is 0 Å². The van der Waals surface area contributed by atoms with Crippen molar-refractivity contribution in [1.29, 1.82) is 0 Å². The standard InChI is InChI=1S/C24H17N5O/c30-24(22-25-12-6-13-26-22)28-20-11-5-14-29-16-21(27-23(20)29)19-10-4-9-18(15-19)17-7-2-1-3-8-17/h1-16H,(H,28,30). The van der Waals surface area contributed by atoms with Gasteiger partial charge in [-0.3, -0.25) is 4.79 Å². The highest BCUT2D eigenvalue weighted by molar-refractivity contribution is 6.03. The van der Waals surface area contributed by atoms with Crippen LogP contribution in [0.3, 0.4) is 0 Å². The summed E-state index contributed by atoms with van der Waals surface area (Å²) < 4.78 is 1.89. The zero-order valence-corrected chi connectivity index (χ0v) is 15.9. The molecule has 0 radical (unpaired) electrons. The molecular formula is C24H17N5O. The quantitative estimate of drug-likeness (QED) is 0.482. The van der Waals surface area contributed by atoms with Crippen LogP contribution in [0.5, 0.6) is 0 Å². The number of nitrogens with zero attached hydrogens (tertiary/aromatic N) is 4. The minimum atomic E-state index is -0.376. The average molecular weight is 391 g/mol. The van der Waals surface area contributed by atoms with E-state index in [1.807, 2.05) is 59.3 Å². The fourth-order valence-electron chi connectivity index (χ4n) is 3.33. The van der Waals surface area contributed by atoms with Crippen molar-refractivity contribution < 1.29 is 4.79 Å². The molecule has 3 aromatic heterocycles. The summed E-state index contributed by atoms with van der Waals surface area (Å²) in [6, 6.07) is 23.8. The van der Waals surface area contributed by atoms with Gasteiger partial charge >= 0.3 is 0 Å². The number of carbonyl (C=O) groups excluding carboxylic acids is 1. The van der Waals surface area contributed by atoms with Crippen molar-refractivity contribution in [2.24, 2.45) is 0 Å². The van der Waals surface area contributed by atoms with Gasteiger partial charge in [-0.05, 0) is 35.4 Å². The molecule has 1 amide bonds. The van der Waals surface area contributed by atoms with Gasteiger partial charge in [0.25, 0.3) is 5.91 Å². The van der Waals surface area contributed by atoms with Gasteiger partial charge in [-0.15, -0.1) is 0 Å². The second-order valence-electron chi connectivity index (χ2n) is 6.75. The number of anilines is 1. The Balaban J connectivity index is 1.50. The zero-order chi connectivity index (χ0) is 20.3. The molecule has 144 valence electrons. The molecule has 6 heteroatoms. The summed E-state index contributed by atoms with van der Waals surface area (Å²) in [5.74, 6) is -0.263. The maximum absolute atomic E-state index is 12.5. The molecular weight excluding hydrogens is 374 g/mol. The Labute approximate surface area is 172 Å². The molecule has 0 aliphatic carbocycles. The highest BCUT2D eigenvalue weighted by atomic mass is 16.2. The SMILES string of the molecule is O=C(Nc1cccn2cc(-c3cccc(-c4ccccc4)c3)nc12)c1ncccn1. The van der Waals surface area contributed by atoms with Crippen molar-refractivity contribution in [1.82, 2.24) is 19.4 Å². The molecule has 0 fully saturated rings. The van der Waals surface area contributed by atoms with Crippen molar-refractivity contribution in [2.45, 2.75) is 0 Å². The Morgan fingerprint density at radius 1 is 0.800 bits per heavy atom. The minimum Gasteiger partial charge on any atom is -0.316 e. The summed E-state index contributed by atoms with van der Waals surface area (Å²) in [5.41, 5.74) is 5.36. The Morgan fingerprint density at radius 3 is 2.40 bits per heavy atom. The van der Waals surface area contributed by atoms with E-state index in [1.165, 1.54) is 12.4 Å². The molecule has 1 N–H and O–H groups in total. The molecule has 0 unspecified atom stereocenters. The van der Waals surface area contributed by atoms with Gasteiger partial charge < -0.3 is 9.72 Å². The van der Waals surface area contributed by atoms with Crippen LogP contribution in [0.4, 0.5) is 5.69 Å². The maximum atomic E-state index is 12.5. The van der Waals surface area contributed by atoms with Crippen LogP contribution >= 0.6 is 0 Å². The molecule has 6 nitrogen and oxygen atoms in total. The summed E-state index contributed by atoms with van der Waals surface area (Å²) in [6.07, 6.45) is 6.93. The van der Waals surface area contributed by atoms with Crippen LogP contribution in [-0.4, -0.2) is 25.3 Å². The smallest absolute Gasteiger partial charge is 0.293 e. The Bertz CT molecular complexity index is 1330. The van der Waals surface area contributed by atoms with E-state index in [0.717, 1.165) is 22.4 Å². The molecule has 5 rings (SSSR count). The second-order valence-corrected chi connectivity index (χ2v) is 6.75. The van der Waals surface area contributed by atoms with Gasteiger partial charge in [-0.1, -0.05) is 48.5 Å². The molecule has 0 saturated heterocycles. The molecule has 2 aromatic carbocycles. The van der Waals surface area contributed by atoms with Crippen molar-refractivity contribution >= 4 is 17.2 Å². The third-order valence-electron chi connectivity index (χ3n) is 4.77. The highest BCUT2D eigenvalue weighted by Gasteiger charge is 2.13. The fourth-order valence-corrected chi connectivity index (χ4v) is 3.33.